The van der Waals surface area contributed by atoms with Crippen LogP contribution in [-0.4, -0.2) is 36.1 Å². The Balaban J connectivity index is 1.56. The van der Waals surface area contributed by atoms with Crippen molar-refractivity contribution in [3.8, 4) is 5.75 Å². The molecule has 6 heteroatoms. The zero-order valence-electron chi connectivity index (χ0n) is 16.1. The van der Waals surface area contributed by atoms with Crippen LogP contribution >= 0.6 is 0 Å². The first-order chi connectivity index (χ1) is 13.7. The van der Waals surface area contributed by atoms with Crippen LogP contribution in [0.3, 0.4) is 0 Å². The van der Waals surface area contributed by atoms with E-state index in [1.54, 1.807) is 24.7 Å². The Morgan fingerprint density at radius 1 is 1.07 bits per heavy atom. The summed E-state index contributed by atoms with van der Waals surface area (Å²) in [7, 11) is 2.01. The molecule has 0 bridgehead atoms. The van der Waals surface area contributed by atoms with E-state index >= 15 is 0 Å². The summed E-state index contributed by atoms with van der Waals surface area (Å²) in [5, 5.41) is 2.85. The van der Waals surface area contributed by atoms with E-state index in [2.05, 4.69) is 20.2 Å². The molecule has 144 valence electrons. The van der Waals surface area contributed by atoms with Crippen molar-refractivity contribution in [2.24, 2.45) is 0 Å². The molecule has 0 fully saturated rings. The zero-order chi connectivity index (χ0) is 19.8. The van der Waals surface area contributed by atoms with E-state index in [0.717, 1.165) is 24.4 Å². The Morgan fingerprint density at radius 3 is 2.46 bits per heavy atom. The number of pyridine rings is 2. The molecule has 0 aliphatic rings. The van der Waals surface area contributed by atoms with Crippen molar-refractivity contribution in [1.29, 1.82) is 0 Å². The van der Waals surface area contributed by atoms with Crippen molar-refractivity contribution in [2.45, 2.75) is 13.3 Å². The van der Waals surface area contributed by atoms with Gasteiger partial charge in [0.2, 0.25) is 0 Å². The van der Waals surface area contributed by atoms with Gasteiger partial charge in [-0.1, -0.05) is 0 Å². The summed E-state index contributed by atoms with van der Waals surface area (Å²) < 4.78 is 5.40. The molecule has 1 N–H and O–H groups in total. The average molecular weight is 376 g/mol. The minimum Gasteiger partial charge on any atom is -0.494 e. The van der Waals surface area contributed by atoms with E-state index in [-0.39, 0.29) is 5.91 Å². The lowest BCUT2D eigenvalue weighted by Gasteiger charge is -2.19. The van der Waals surface area contributed by atoms with E-state index < -0.39 is 0 Å². The number of nitrogens with zero attached hydrogens (tertiary/aromatic N) is 3. The van der Waals surface area contributed by atoms with Crippen molar-refractivity contribution in [2.75, 3.05) is 30.4 Å². The Kier molecular flexibility index (Phi) is 6.57. The molecule has 0 spiro atoms. The molecule has 28 heavy (non-hydrogen) atoms. The maximum absolute atomic E-state index is 12.4. The molecular weight excluding hydrogens is 352 g/mol. The summed E-state index contributed by atoms with van der Waals surface area (Å²) in [6, 6.07) is 14.9. The SMILES string of the molecule is CCOc1ccc(NC(=O)c2ccc(N(C)CCc3ccncc3)cn2)cc1. The molecule has 0 saturated carbocycles. The molecule has 0 aliphatic carbocycles. The second kappa shape index (κ2) is 9.50. The number of likely N-dealkylation sites (N-methyl/N-ethyl adjacent to an activating group) is 1. The van der Waals surface area contributed by atoms with Crippen LogP contribution in [0.25, 0.3) is 0 Å². The van der Waals surface area contributed by atoms with Crippen LogP contribution in [0, 0.1) is 0 Å². The van der Waals surface area contributed by atoms with E-state index in [1.807, 2.05) is 56.4 Å². The van der Waals surface area contributed by atoms with Crippen molar-refractivity contribution in [3.05, 3.63) is 78.4 Å². The number of aromatic nitrogens is 2. The second-order valence-electron chi connectivity index (χ2n) is 6.34. The highest BCUT2D eigenvalue weighted by molar-refractivity contribution is 6.02. The van der Waals surface area contributed by atoms with Gasteiger partial charge < -0.3 is 15.0 Å². The smallest absolute Gasteiger partial charge is 0.274 e. The van der Waals surface area contributed by atoms with Gasteiger partial charge >= 0.3 is 0 Å². The largest absolute Gasteiger partial charge is 0.494 e. The van der Waals surface area contributed by atoms with E-state index in [1.165, 1.54) is 5.56 Å². The van der Waals surface area contributed by atoms with Gasteiger partial charge in [0, 0.05) is 31.7 Å². The topological polar surface area (TPSA) is 67.3 Å². The third-order valence-electron chi connectivity index (χ3n) is 4.33. The predicted octanol–water partition coefficient (Wildman–Crippen LogP) is 3.81. The van der Waals surface area contributed by atoms with Crippen LogP contribution < -0.4 is 15.0 Å². The van der Waals surface area contributed by atoms with Crippen molar-refractivity contribution in [1.82, 2.24) is 9.97 Å². The highest BCUT2D eigenvalue weighted by Gasteiger charge is 2.09. The standard InChI is InChI=1S/C22H24N4O2/c1-3-28-20-7-4-18(5-8-20)25-22(27)21-9-6-19(16-24-21)26(2)15-12-17-10-13-23-14-11-17/h4-11,13-14,16H,3,12,15H2,1-2H3,(H,25,27). The molecule has 0 saturated heterocycles. The molecule has 2 aromatic heterocycles. The van der Waals surface area contributed by atoms with E-state index in [4.69, 9.17) is 4.74 Å². The molecule has 0 radical (unpaired) electrons. The molecule has 3 rings (SSSR count). The third-order valence-corrected chi connectivity index (χ3v) is 4.33. The minimum absolute atomic E-state index is 0.241. The van der Waals surface area contributed by atoms with Gasteiger partial charge in [-0.25, -0.2) is 4.98 Å². The fraction of sp³-hybridized carbons (Fsp3) is 0.227. The number of nitrogens with one attached hydrogen (secondary N) is 1. The van der Waals surface area contributed by atoms with Crippen LogP contribution in [0.2, 0.25) is 0 Å². The molecule has 3 aromatic rings. The quantitative estimate of drug-likeness (QED) is 0.648. The fourth-order valence-corrected chi connectivity index (χ4v) is 2.72. The molecule has 1 amide bonds. The first kappa shape index (κ1) is 19.4. The van der Waals surface area contributed by atoms with Crippen molar-refractivity contribution >= 4 is 17.3 Å². The van der Waals surface area contributed by atoms with Crippen LogP contribution in [0.5, 0.6) is 5.75 Å². The first-order valence-corrected chi connectivity index (χ1v) is 9.26. The number of anilines is 2. The monoisotopic (exact) mass is 376 g/mol. The Labute approximate surface area is 165 Å². The number of rotatable bonds is 8. The summed E-state index contributed by atoms with van der Waals surface area (Å²) in [4.78, 5) is 22.8. The number of benzene rings is 1. The van der Waals surface area contributed by atoms with Gasteiger partial charge in [0.25, 0.3) is 5.91 Å². The summed E-state index contributed by atoms with van der Waals surface area (Å²) in [5.74, 6) is 0.535. The van der Waals surface area contributed by atoms with Gasteiger partial charge in [-0.3, -0.25) is 9.78 Å². The molecule has 0 atom stereocenters. The van der Waals surface area contributed by atoms with Gasteiger partial charge in [-0.15, -0.1) is 0 Å². The number of carbonyl (C=O) groups excluding carboxylic acids is 1. The zero-order valence-corrected chi connectivity index (χ0v) is 16.1. The van der Waals surface area contributed by atoms with E-state index in [9.17, 15) is 4.79 Å². The van der Waals surface area contributed by atoms with Gasteiger partial charge in [0.05, 0.1) is 18.5 Å². The minimum atomic E-state index is -0.241. The van der Waals surface area contributed by atoms with Gasteiger partial charge in [0.1, 0.15) is 11.4 Å². The average Bonchev–Trinajstić information content (AvgIpc) is 2.74. The van der Waals surface area contributed by atoms with Crippen molar-refractivity contribution in [3.63, 3.8) is 0 Å². The van der Waals surface area contributed by atoms with Crippen LogP contribution in [0.1, 0.15) is 23.0 Å². The number of hydrogen-bond donors (Lipinski definition) is 1. The lowest BCUT2D eigenvalue weighted by Crippen LogP contribution is -2.21. The maximum Gasteiger partial charge on any atom is 0.274 e. The summed E-state index contributed by atoms with van der Waals surface area (Å²) in [6.07, 6.45) is 6.24. The number of ether oxygens (including phenoxy) is 1. The number of amides is 1. The van der Waals surface area contributed by atoms with Gasteiger partial charge in [-0.05, 0) is 67.4 Å². The molecule has 0 aliphatic heterocycles. The third kappa shape index (κ3) is 5.30. The Hall–Kier alpha value is -3.41. The molecule has 1 aromatic carbocycles. The molecule has 2 heterocycles. The van der Waals surface area contributed by atoms with Gasteiger partial charge in [0.15, 0.2) is 0 Å². The lowest BCUT2D eigenvalue weighted by atomic mass is 10.2. The lowest BCUT2D eigenvalue weighted by molar-refractivity contribution is 0.102. The predicted molar refractivity (Wildman–Crippen MR) is 111 cm³/mol. The van der Waals surface area contributed by atoms with Crippen LogP contribution in [0.4, 0.5) is 11.4 Å². The normalized spacial score (nSPS) is 10.4. The van der Waals surface area contributed by atoms with Crippen molar-refractivity contribution < 1.29 is 9.53 Å². The highest BCUT2D eigenvalue weighted by Crippen LogP contribution is 2.17. The molecule has 6 nitrogen and oxygen atoms in total. The Bertz CT molecular complexity index is 881. The summed E-state index contributed by atoms with van der Waals surface area (Å²) in [5.41, 5.74) is 3.28. The van der Waals surface area contributed by atoms with Crippen LogP contribution in [-0.2, 0) is 6.42 Å². The highest BCUT2D eigenvalue weighted by atomic mass is 16.5. The van der Waals surface area contributed by atoms with Gasteiger partial charge in [-0.2, -0.15) is 0 Å². The summed E-state index contributed by atoms with van der Waals surface area (Å²) >= 11 is 0. The Morgan fingerprint density at radius 2 is 1.82 bits per heavy atom. The van der Waals surface area contributed by atoms with E-state index in [0.29, 0.717) is 18.0 Å². The number of carbonyl (C=O) groups is 1. The first-order valence-electron chi connectivity index (χ1n) is 9.26. The maximum atomic E-state index is 12.4. The van der Waals surface area contributed by atoms with Crippen LogP contribution in [0.15, 0.2) is 67.1 Å². The second-order valence-corrected chi connectivity index (χ2v) is 6.34. The summed E-state index contributed by atoms with van der Waals surface area (Å²) in [6.45, 7) is 3.39. The molecule has 0 unspecified atom stereocenters. The number of hydrogen-bond acceptors (Lipinski definition) is 5. The molecular formula is C22H24N4O2. The fourth-order valence-electron chi connectivity index (χ4n) is 2.72.